The van der Waals surface area contributed by atoms with E-state index in [4.69, 9.17) is 0 Å². The standard InChI is InChI=1S/C14H22N4O2/c1-18(14-15-7-2-8-16-14)10-13(20)17-9-11-3-5-12(19)6-4-11/h2,7-8,11-12,19H,3-6,9-10H2,1H3,(H,17,20). The van der Waals surface area contributed by atoms with E-state index in [1.165, 1.54) is 0 Å². The van der Waals surface area contributed by atoms with Gasteiger partial charge in [-0.1, -0.05) is 0 Å². The van der Waals surface area contributed by atoms with E-state index < -0.39 is 0 Å². The number of aliphatic hydroxyl groups is 1. The van der Waals surface area contributed by atoms with Gasteiger partial charge >= 0.3 is 0 Å². The summed E-state index contributed by atoms with van der Waals surface area (Å²) in [4.78, 5) is 21.8. The molecule has 0 aromatic carbocycles. The summed E-state index contributed by atoms with van der Waals surface area (Å²) in [7, 11) is 1.80. The number of nitrogens with one attached hydrogen (secondary N) is 1. The van der Waals surface area contributed by atoms with Gasteiger partial charge in [0.1, 0.15) is 0 Å². The van der Waals surface area contributed by atoms with Crippen LogP contribution in [0.5, 0.6) is 0 Å². The molecule has 1 aromatic heterocycles. The van der Waals surface area contributed by atoms with Crippen molar-refractivity contribution in [2.75, 3.05) is 25.0 Å². The molecule has 0 atom stereocenters. The summed E-state index contributed by atoms with van der Waals surface area (Å²) in [6.45, 7) is 0.939. The zero-order valence-corrected chi connectivity index (χ0v) is 11.8. The fraction of sp³-hybridized carbons (Fsp3) is 0.643. The van der Waals surface area contributed by atoms with Gasteiger partial charge in [-0.2, -0.15) is 0 Å². The number of carbonyl (C=O) groups excluding carboxylic acids is 1. The Hall–Kier alpha value is -1.69. The summed E-state index contributed by atoms with van der Waals surface area (Å²) in [5.41, 5.74) is 0. The highest BCUT2D eigenvalue weighted by atomic mass is 16.3. The number of aliphatic hydroxyl groups excluding tert-OH is 1. The van der Waals surface area contributed by atoms with Crippen molar-refractivity contribution in [3.8, 4) is 0 Å². The molecule has 1 aliphatic carbocycles. The second-order valence-corrected chi connectivity index (χ2v) is 5.38. The largest absolute Gasteiger partial charge is 0.393 e. The van der Waals surface area contributed by atoms with Gasteiger partial charge in [-0.25, -0.2) is 9.97 Å². The quantitative estimate of drug-likeness (QED) is 0.824. The molecule has 2 rings (SSSR count). The molecular weight excluding hydrogens is 256 g/mol. The minimum absolute atomic E-state index is 0.0222. The summed E-state index contributed by atoms with van der Waals surface area (Å²) in [5.74, 6) is 1.01. The number of aromatic nitrogens is 2. The monoisotopic (exact) mass is 278 g/mol. The fourth-order valence-corrected chi connectivity index (χ4v) is 2.44. The summed E-state index contributed by atoms with van der Waals surface area (Å²) in [5, 5.41) is 12.4. The number of rotatable bonds is 5. The number of carbonyl (C=O) groups is 1. The van der Waals surface area contributed by atoms with Crippen LogP contribution in [0.2, 0.25) is 0 Å². The Balaban J connectivity index is 1.70. The third-order valence-electron chi connectivity index (χ3n) is 3.68. The molecule has 110 valence electrons. The minimum Gasteiger partial charge on any atom is -0.393 e. The van der Waals surface area contributed by atoms with Crippen LogP contribution in [0.4, 0.5) is 5.95 Å². The van der Waals surface area contributed by atoms with Crippen molar-refractivity contribution in [2.45, 2.75) is 31.8 Å². The maximum Gasteiger partial charge on any atom is 0.239 e. The van der Waals surface area contributed by atoms with Crippen molar-refractivity contribution < 1.29 is 9.90 Å². The molecule has 1 aromatic rings. The van der Waals surface area contributed by atoms with E-state index in [9.17, 15) is 9.90 Å². The molecule has 0 radical (unpaired) electrons. The number of hydrogen-bond acceptors (Lipinski definition) is 5. The van der Waals surface area contributed by atoms with Crippen LogP contribution in [0.1, 0.15) is 25.7 Å². The molecule has 1 saturated carbocycles. The van der Waals surface area contributed by atoms with E-state index in [1.54, 1.807) is 30.4 Å². The summed E-state index contributed by atoms with van der Waals surface area (Å²) < 4.78 is 0. The van der Waals surface area contributed by atoms with Gasteiger partial charge < -0.3 is 15.3 Å². The second-order valence-electron chi connectivity index (χ2n) is 5.38. The smallest absolute Gasteiger partial charge is 0.239 e. The zero-order valence-electron chi connectivity index (χ0n) is 11.8. The first-order valence-electron chi connectivity index (χ1n) is 7.08. The van der Waals surface area contributed by atoms with Gasteiger partial charge in [0, 0.05) is 26.0 Å². The van der Waals surface area contributed by atoms with E-state index in [0.29, 0.717) is 18.4 Å². The fourth-order valence-electron chi connectivity index (χ4n) is 2.44. The van der Waals surface area contributed by atoms with Gasteiger partial charge in [-0.05, 0) is 37.7 Å². The van der Waals surface area contributed by atoms with Crippen molar-refractivity contribution in [2.24, 2.45) is 5.92 Å². The lowest BCUT2D eigenvalue weighted by Crippen LogP contribution is -2.39. The first kappa shape index (κ1) is 14.7. The lowest BCUT2D eigenvalue weighted by molar-refractivity contribution is -0.120. The third kappa shape index (κ3) is 4.45. The Morgan fingerprint density at radius 2 is 2.00 bits per heavy atom. The maximum atomic E-state index is 11.9. The molecule has 2 N–H and O–H groups in total. The van der Waals surface area contributed by atoms with Gasteiger partial charge in [0.15, 0.2) is 0 Å². The molecule has 1 amide bonds. The maximum absolute atomic E-state index is 11.9. The Kier molecular flexibility index (Phi) is 5.29. The molecule has 1 heterocycles. The average molecular weight is 278 g/mol. The summed E-state index contributed by atoms with van der Waals surface area (Å²) >= 11 is 0. The predicted molar refractivity (Wildman–Crippen MR) is 76.3 cm³/mol. The average Bonchev–Trinajstić information content (AvgIpc) is 2.47. The SMILES string of the molecule is CN(CC(=O)NCC1CCC(O)CC1)c1ncccn1. The molecule has 0 bridgehead atoms. The van der Waals surface area contributed by atoms with Gasteiger partial charge in [0.05, 0.1) is 12.6 Å². The molecule has 0 aliphatic heterocycles. The van der Waals surface area contributed by atoms with Crippen molar-refractivity contribution >= 4 is 11.9 Å². The first-order chi connectivity index (χ1) is 9.65. The Labute approximate surface area is 119 Å². The van der Waals surface area contributed by atoms with Crippen LogP contribution in [0.3, 0.4) is 0 Å². The molecule has 0 spiro atoms. The van der Waals surface area contributed by atoms with Crippen LogP contribution < -0.4 is 10.2 Å². The minimum atomic E-state index is -0.150. The lowest BCUT2D eigenvalue weighted by atomic mass is 9.87. The number of amides is 1. The van der Waals surface area contributed by atoms with Crippen LogP contribution in [0, 0.1) is 5.92 Å². The molecule has 20 heavy (non-hydrogen) atoms. The van der Waals surface area contributed by atoms with Crippen molar-refractivity contribution in [1.29, 1.82) is 0 Å². The van der Waals surface area contributed by atoms with Crippen molar-refractivity contribution in [3.05, 3.63) is 18.5 Å². The highest BCUT2D eigenvalue weighted by Crippen LogP contribution is 2.23. The van der Waals surface area contributed by atoms with Crippen molar-refractivity contribution in [1.82, 2.24) is 15.3 Å². The van der Waals surface area contributed by atoms with Crippen molar-refractivity contribution in [3.63, 3.8) is 0 Å². The molecule has 1 fully saturated rings. The molecule has 0 unspecified atom stereocenters. The van der Waals surface area contributed by atoms with E-state index >= 15 is 0 Å². The third-order valence-corrected chi connectivity index (χ3v) is 3.68. The topological polar surface area (TPSA) is 78.4 Å². The normalized spacial score (nSPS) is 22.3. The van der Waals surface area contributed by atoms with E-state index in [-0.39, 0.29) is 18.6 Å². The Morgan fingerprint density at radius 3 is 2.65 bits per heavy atom. The van der Waals surface area contributed by atoms with Crippen LogP contribution in [0.25, 0.3) is 0 Å². The van der Waals surface area contributed by atoms with Crippen LogP contribution in [-0.4, -0.2) is 47.2 Å². The summed E-state index contributed by atoms with van der Waals surface area (Å²) in [6, 6.07) is 1.74. The van der Waals surface area contributed by atoms with Gasteiger partial charge in [-0.15, -0.1) is 0 Å². The molecule has 1 aliphatic rings. The van der Waals surface area contributed by atoms with Gasteiger partial charge in [0.2, 0.25) is 11.9 Å². The van der Waals surface area contributed by atoms with Gasteiger partial charge in [0.25, 0.3) is 0 Å². The number of nitrogens with zero attached hydrogens (tertiary/aromatic N) is 3. The van der Waals surface area contributed by atoms with Crippen LogP contribution in [-0.2, 0) is 4.79 Å². The zero-order chi connectivity index (χ0) is 14.4. The predicted octanol–water partition coefficient (Wildman–Crippen LogP) is 0.580. The molecule has 6 heteroatoms. The van der Waals surface area contributed by atoms with Crippen LogP contribution in [0.15, 0.2) is 18.5 Å². The number of hydrogen-bond donors (Lipinski definition) is 2. The van der Waals surface area contributed by atoms with E-state index in [1.807, 2.05) is 0 Å². The van der Waals surface area contributed by atoms with Gasteiger partial charge in [-0.3, -0.25) is 4.79 Å². The molecule has 0 saturated heterocycles. The number of anilines is 1. The number of likely N-dealkylation sites (N-methyl/N-ethyl adjacent to an activating group) is 1. The molecular formula is C14H22N4O2. The first-order valence-corrected chi connectivity index (χ1v) is 7.08. The molecule has 6 nitrogen and oxygen atoms in total. The van der Waals surface area contributed by atoms with E-state index in [0.717, 1.165) is 25.7 Å². The Morgan fingerprint density at radius 1 is 1.35 bits per heavy atom. The lowest BCUT2D eigenvalue weighted by Gasteiger charge is -2.25. The highest BCUT2D eigenvalue weighted by molar-refractivity contribution is 5.80. The summed E-state index contributed by atoms with van der Waals surface area (Å²) in [6.07, 6.45) is 6.83. The van der Waals surface area contributed by atoms with Crippen LogP contribution >= 0.6 is 0 Å². The Bertz CT molecular complexity index is 418. The van der Waals surface area contributed by atoms with E-state index in [2.05, 4.69) is 15.3 Å². The second kappa shape index (κ2) is 7.19. The highest BCUT2D eigenvalue weighted by Gasteiger charge is 2.20.